The molecule has 16 heteroatoms. The molecule has 2 aromatic carbocycles. The predicted molar refractivity (Wildman–Crippen MR) is 160 cm³/mol. The number of aliphatic hydroxyl groups is 1. The van der Waals surface area contributed by atoms with Crippen LogP contribution in [0.2, 0.25) is 0 Å². The molecule has 0 aromatic heterocycles. The summed E-state index contributed by atoms with van der Waals surface area (Å²) in [6.45, 7) is 0.950. The lowest BCUT2D eigenvalue weighted by Crippen LogP contribution is -2.21. The van der Waals surface area contributed by atoms with Crippen LogP contribution in [0, 0.1) is 0 Å². The fourth-order valence-corrected chi connectivity index (χ4v) is 3.32. The Kier molecular flexibility index (Phi) is 22.3. The zero-order chi connectivity index (χ0) is 33.5. The molecular formula is C28H33Cl4F3O9. The van der Waals surface area contributed by atoms with E-state index in [0.717, 1.165) is 23.3 Å². The number of hydrogen-bond donors (Lipinski definition) is 2. The minimum Gasteiger partial charge on any atom is -0.492 e. The van der Waals surface area contributed by atoms with Gasteiger partial charge in [-0.15, -0.1) is 46.4 Å². The zero-order valence-corrected chi connectivity index (χ0v) is 26.6. The molecule has 1 heterocycles. The lowest BCUT2D eigenvalue weighted by Gasteiger charge is -2.11. The Bertz CT molecular complexity index is 1090. The molecule has 1 aliphatic heterocycles. The molecule has 0 amide bonds. The number of halogens is 7. The molecular weight excluding hydrogens is 679 g/mol. The number of carbonyl (C=O) groups is 3. The molecule has 0 bridgehead atoms. The van der Waals surface area contributed by atoms with Crippen LogP contribution in [0.5, 0.6) is 11.5 Å². The summed E-state index contributed by atoms with van der Waals surface area (Å²) < 4.78 is 52.1. The van der Waals surface area contributed by atoms with Crippen LogP contribution in [-0.4, -0.2) is 71.7 Å². The lowest BCUT2D eigenvalue weighted by atomic mass is 10.1. The second kappa shape index (κ2) is 23.7. The second-order valence-corrected chi connectivity index (χ2v) is 9.83. The van der Waals surface area contributed by atoms with Gasteiger partial charge in [-0.3, -0.25) is 9.59 Å². The van der Waals surface area contributed by atoms with Gasteiger partial charge in [-0.05, 0) is 48.2 Å². The van der Waals surface area contributed by atoms with Crippen molar-refractivity contribution in [2.24, 2.45) is 0 Å². The Balaban J connectivity index is 0.000000649. The van der Waals surface area contributed by atoms with E-state index in [-0.39, 0.29) is 29.8 Å². The van der Waals surface area contributed by atoms with Crippen LogP contribution in [0.1, 0.15) is 49.0 Å². The van der Waals surface area contributed by atoms with Crippen LogP contribution in [0.4, 0.5) is 13.2 Å². The van der Waals surface area contributed by atoms with Crippen molar-refractivity contribution in [1.82, 2.24) is 0 Å². The third-order valence-corrected chi connectivity index (χ3v) is 5.49. The number of carbonyl (C=O) groups excluding carboxylic acids is 2. The number of carboxylic acids is 1. The summed E-state index contributed by atoms with van der Waals surface area (Å²) in [6.07, 6.45) is -4.03. The fraction of sp³-hybridized carbons (Fsp3) is 0.464. The minimum atomic E-state index is -5.08. The van der Waals surface area contributed by atoms with E-state index in [9.17, 15) is 27.9 Å². The Morgan fingerprint density at radius 3 is 1.77 bits per heavy atom. The normalized spacial score (nSPS) is 14.2. The summed E-state index contributed by atoms with van der Waals surface area (Å²) in [5.74, 6) is -0.796. The number of cyclic esters (lactones) is 1. The van der Waals surface area contributed by atoms with Gasteiger partial charge in [0, 0.05) is 12.8 Å². The van der Waals surface area contributed by atoms with E-state index in [1.54, 1.807) is 24.3 Å². The number of hydrogen-bond acceptors (Lipinski definition) is 8. The number of alkyl halides is 7. The van der Waals surface area contributed by atoms with Gasteiger partial charge >= 0.3 is 24.1 Å². The summed E-state index contributed by atoms with van der Waals surface area (Å²) >= 11 is 20.6. The number of carboxylic acid groups (broad SMARTS) is 1. The Morgan fingerprint density at radius 2 is 1.41 bits per heavy atom. The smallest absolute Gasteiger partial charge is 0.490 e. The van der Waals surface area contributed by atoms with Crippen LogP contribution >= 0.6 is 46.4 Å². The summed E-state index contributed by atoms with van der Waals surface area (Å²) in [5.41, 5.74) is 1.77. The molecule has 2 aromatic rings. The highest BCUT2D eigenvalue weighted by atomic mass is 35.5. The molecule has 1 saturated heterocycles. The number of esters is 2. The maximum absolute atomic E-state index is 11.0. The number of methoxy groups -OCH3 is 1. The molecule has 2 unspecified atom stereocenters. The van der Waals surface area contributed by atoms with Gasteiger partial charge in [0.05, 0.1) is 30.3 Å². The van der Waals surface area contributed by atoms with E-state index in [2.05, 4.69) is 4.74 Å². The van der Waals surface area contributed by atoms with Gasteiger partial charge in [0.15, 0.2) is 0 Å². The standard InChI is InChI=1S/C13H17ClO4.C12H13ClO3.C2HF3O2.CH2Cl2/c1-17-13(16)7-6-12(15)10-2-4-11(5-3-10)18-9-8-14;13-7-8-15-10-3-1-9(2-4-10)11-5-6-12(14)16-11;3-2(4,5)1(6)7;2-1-3/h2-5,12,15H,6-9H2,1H3;1-4,11H,5-8H2;(H,6,7);1H2. The first-order valence-corrected chi connectivity index (χ1v) is 14.9. The van der Waals surface area contributed by atoms with Crippen molar-refractivity contribution in [2.45, 2.75) is 44.1 Å². The monoisotopic (exact) mass is 710 g/mol. The van der Waals surface area contributed by atoms with Crippen LogP contribution in [-0.2, 0) is 23.9 Å². The molecule has 248 valence electrons. The highest BCUT2D eigenvalue weighted by molar-refractivity contribution is 6.40. The van der Waals surface area contributed by atoms with Crippen molar-refractivity contribution < 1.29 is 56.7 Å². The molecule has 3 rings (SSSR count). The number of rotatable bonds is 11. The predicted octanol–water partition coefficient (Wildman–Crippen LogP) is 7.03. The average Bonchev–Trinajstić information content (AvgIpc) is 3.44. The maximum atomic E-state index is 11.0. The van der Waals surface area contributed by atoms with Crippen molar-refractivity contribution >= 4 is 64.3 Å². The molecule has 9 nitrogen and oxygen atoms in total. The third kappa shape index (κ3) is 18.9. The molecule has 1 aliphatic rings. The van der Waals surface area contributed by atoms with Gasteiger partial charge in [0.2, 0.25) is 0 Å². The van der Waals surface area contributed by atoms with Crippen LogP contribution in [0.3, 0.4) is 0 Å². The highest BCUT2D eigenvalue weighted by Gasteiger charge is 2.38. The molecule has 0 saturated carbocycles. The molecule has 1 fully saturated rings. The van der Waals surface area contributed by atoms with Crippen LogP contribution in [0.15, 0.2) is 48.5 Å². The van der Waals surface area contributed by atoms with Gasteiger partial charge < -0.3 is 29.2 Å². The van der Waals surface area contributed by atoms with Gasteiger partial charge in [-0.2, -0.15) is 13.2 Å². The van der Waals surface area contributed by atoms with Gasteiger partial charge in [0.25, 0.3) is 0 Å². The average molecular weight is 712 g/mol. The van der Waals surface area contributed by atoms with E-state index in [1.807, 2.05) is 24.3 Å². The van der Waals surface area contributed by atoms with Crippen LogP contribution in [0.25, 0.3) is 0 Å². The van der Waals surface area contributed by atoms with E-state index in [0.29, 0.717) is 43.6 Å². The number of aliphatic carboxylic acids is 1. The van der Waals surface area contributed by atoms with Crippen molar-refractivity contribution in [3.8, 4) is 11.5 Å². The first kappa shape index (κ1) is 41.4. The quantitative estimate of drug-likeness (QED) is 0.187. The highest BCUT2D eigenvalue weighted by Crippen LogP contribution is 2.30. The summed E-state index contributed by atoms with van der Waals surface area (Å²) in [6, 6.07) is 14.7. The first-order chi connectivity index (χ1) is 20.8. The molecule has 44 heavy (non-hydrogen) atoms. The van der Waals surface area contributed by atoms with E-state index >= 15 is 0 Å². The molecule has 0 radical (unpaired) electrons. The van der Waals surface area contributed by atoms with E-state index < -0.39 is 18.2 Å². The van der Waals surface area contributed by atoms with Gasteiger partial charge in [-0.1, -0.05) is 24.3 Å². The molecule has 0 aliphatic carbocycles. The largest absolute Gasteiger partial charge is 0.492 e. The third-order valence-electron chi connectivity index (χ3n) is 5.18. The number of aliphatic hydroxyl groups excluding tert-OH is 1. The van der Waals surface area contributed by atoms with E-state index in [1.165, 1.54) is 7.11 Å². The van der Waals surface area contributed by atoms with Crippen molar-refractivity contribution in [1.29, 1.82) is 0 Å². The van der Waals surface area contributed by atoms with Gasteiger partial charge in [-0.25, -0.2) is 4.79 Å². The zero-order valence-electron chi connectivity index (χ0n) is 23.5. The lowest BCUT2D eigenvalue weighted by molar-refractivity contribution is -0.192. The number of benzene rings is 2. The second-order valence-electron chi connectivity index (χ2n) is 8.26. The summed E-state index contributed by atoms with van der Waals surface area (Å²) in [7, 11) is 1.33. The SMILES string of the molecule is COC(=O)CCC(O)c1ccc(OCCCl)cc1.ClCCl.O=C(O)C(F)(F)F.O=C1CCC(c2ccc(OCCCl)cc2)O1. The van der Waals surface area contributed by atoms with Crippen molar-refractivity contribution in [3.63, 3.8) is 0 Å². The summed E-state index contributed by atoms with van der Waals surface area (Å²) in [4.78, 5) is 30.8. The van der Waals surface area contributed by atoms with E-state index in [4.69, 9.17) is 70.5 Å². The molecule has 0 spiro atoms. The van der Waals surface area contributed by atoms with Crippen LogP contribution < -0.4 is 9.47 Å². The Labute approximate surface area is 273 Å². The first-order valence-electron chi connectivity index (χ1n) is 12.8. The topological polar surface area (TPSA) is 129 Å². The Hall–Kier alpha value is -2.64. The summed E-state index contributed by atoms with van der Waals surface area (Å²) in [5, 5.41) is 17.2. The number of ether oxygens (including phenoxy) is 4. The fourth-order valence-electron chi connectivity index (χ4n) is 3.16. The van der Waals surface area contributed by atoms with Gasteiger partial charge in [0.1, 0.15) is 30.8 Å². The molecule has 2 N–H and O–H groups in total. The molecule has 2 atom stereocenters. The van der Waals surface area contributed by atoms with Crippen molar-refractivity contribution in [3.05, 3.63) is 59.7 Å². The minimum absolute atomic E-state index is 0.0884. The maximum Gasteiger partial charge on any atom is 0.490 e. The van der Waals surface area contributed by atoms with Crippen molar-refractivity contribution in [2.75, 3.05) is 37.4 Å². The Morgan fingerprint density at radius 1 is 0.955 bits per heavy atom.